The summed E-state index contributed by atoms with van der Waals surface area (Å²) in [6, 6.07) is 9.27. The maximum Gasteiger partial charge on any atom is 0.573 e. The summed E-state index contributed by atoms with van der Waals surface area (Å²) in [5, 5.41) is 2.62. The molecule has 1 aliphatic heterocycles. The number of ether oxygens (including phenoxy) is 1. The molecule has 9 heteroatoms. The smallest absolute Gasteiger partial charge is 0.469 e. The Morgan fingerprint density at radius 2 is 2.04 bits per heavy atom. The largest absolute Gasteiger partial charge is 0.573 e. The predicted octanol–water partition coefficient (Wildman–Crippen LogP) is 1.99. The van der Waals surface area contributed by atoms with E-state index in [9.17, 15) is 14.5 Å². The van der Waals surface area contributed by atoms with Gasteiger partial charge in [-0.2, -0.15) is 9.42 Å². The van der Waals surface area contributed by atoms with E-state index in [1.54, 1.807) is 13.8 Å². The summed E-state index contributed by atoms with van der Waals surface area (Å²) >= 11 is 0. The van der Waals surface area contributed by atoms with E-state index in [-0.39, 0.29) is 26.2 Å². The van der Waals surface area contributed by atoms with Crippen molar-refractivity contribution >= 4 is 20.0 Å². The van der Waals surface area contributed by atoms with Crippen molar-refractivity contribution in [2.75, 3.05) is 20.3 Å². The van der Waals surface area contributed by atoms with Crippen molar-refractivity contribution in [3.8, 4) is 0 Å². The van der Waals surface area contributed by atoms with Crippen LogP contribution in [-0.2, 0) is 34.5 Å². The number of rotatable bonds is 7. The maximum absolute atomic E-state index is 12.5. The average Bonchev–Trinajstić information content (AvgIpc) is 2.63. The zero-order chi connectivity index (χ0) is 19.2. The second kappa shape index (κ2) is 8.88. The first-order valence-corrected chi connectivity index (χ1v) is 9.73. The van der Waals surface area contributed by atoms with E-state index in [0.717, 1.165) is 5.56 Å². The van der Waals surface area contributed by atoms with Crippen molar-refractivity contribution in [2.24, 2.45) is 5.41 Å². The van der Waals surface area contributed by atoms with Gasteiger partial charge in [-0.1, -0.05) is 44.2 Å². The minimum atomic E-state index is -3.63. The topological polar surface area (TPSA) is 103 Å². The molecule has 144 valence electrons. The Labute approximate surface area is 153 Å². The van der Waals surface area contributed by atoms with Crippen molar-refractivity contribution in [1.82, 2.24) is 5.32 Å². The van der Waals surface area contributed by atoms with Gasteiger partial charge in [-0.25, -0.2) is 0 Å². The Morgan fingerprint density at radius 1 is 1.35 bits per heavy atom. The van der Waals surface area contributed by atoms with Crippen molar-refractivity contribution < 1.29 is 32.8 Å². The standard InChI is InChI=1S/C17H24NO7P/c1-17(2)12-24-26(21,23-11-13-7-5-4-6-8-13)25-15(17)16(20)18-10-9-14(19)22-3/h4-8,15,21H,9-12H2,1-3H3/p+1. The molecular formula is C17H25NO7P+. The number of hydrogen-bond donors (Lipinski definition) is 2. The highest BCUT2D eigenvalue weighted by Gasteiger charge is 2.59. The van der Waals surface area contributed by atoms with Gasteiger partial charge in [0, 0.05) is 12.0 Å². The van der Waals surface area contributed by atoms with E-state index in [4.69, 9.17) is 13.6 Å². The molecule has 0 spiro atoms. The summed E-state index contributed by atoms with van der Waals surface area (Å²) < 4.78 is 20.9. The molecule has 0 aliphatic carbocycles. The predicted molar refractivity (Wildman–Crippen MR) is 94.6 cm³/mol. The zero-order valence-electron chi connectivity index (χ0n) is 15.1. The van der Waals surface area contributed by atoms with Crippen molar-refractivity contribution in [3.63, 3.8) is 0 Å². The lowest BCUT2D eigenvalue weighted by Gasteiger charge is -2.36. The van der Waals surface area contributed by atoms with Gasteiger partial charge in [-0.3, -0.25) is 9.59 Å². The lowest BCUT2D eigenvalue weighted by Crippen LogP contribution is -2.50. The summed E-state index contributed by atoms with van der Waals surface area (Å²) in [5.74, 6) is -0.864. The fraction of sp³-hybridized carbons (Fsp3) is 0.529. The number of methoxy groups -OCH3 is 1. The lowest BCUT2D eigenvalue weighted by atomic mass is 9.87. The Kier molecular flexibility index (Phi) is 7.08. The third kappa shape index (κ3) is 5.72. The van der Waals surface area contributed by atoms with E-state index in [2.05, 4.69) is 10.1 Å². The van der Waals surface area contributed by atoms with Gasteiger partial charge in [0.1, 0.15) is 13.2 Å². The lowest BCUT2D eigenvalue weighted by molar-refractivity contribution is -0.145. The first kappa shape index (κ1) is 20.7. The van der Waals surface area contributed by atoms with Gasteiger partial charge in [0.05, 0.1) is 13.5 Å². The Hall–Kier alpha value is -1.57. The van der Waals surface area contributed by atoms with E-state index in [1.807, 2.05) is 30.3 Å². The molecule has 0 radical (unpaired) electrons. The van der Waals surface area contributed by atoms with E-state index >= 15 is 0 Å². The first-order chi connectivity index (χ1) is 12.3. The zero-order valence-corrected chi connectivity index (χ0v) is 16.0. The van der Waals surface area contributed by atoms with Crippen LogP contribution >= 0.6 is 8.17 Å². The number of carbonyl (C=O) groups is 2. The SMILES string of the molecule is COC(=O)CCNC(=O)C1O[P+](O)(OCc2ccccc2)OCC1(C)C. The molecule has 2 unspecified atom stereocenters. The monoisotopic (exact) mass is 386 g/mol. The molecule has 1 fully saturated rings. The molecule has 1 aromatic rings. The third-order valence-electron chi connectivity index (χ3n) is 3.88. The Bertz CT molecular complexity index is 625. The molecule has 2 rings (SSSR count). The average molecular weight is 386 g/mol. The summed E-state index contributed by atoms with van der Waals surface area (Å²) in [4.78, 5) is 34.1. The molecule has 1 aliphatic rings. The summed E-state index contributed by atoms with van der Waals surface area (Å²) in [6.45, 7) is 3.89. The summed E-state index contributed by atoms with van der Waals surface area (Å²) in [5.41, 5.74) is 0.176. The highest BCUT2D eigenvalue weighted by Crippen LogP contribution is 2.64. The van der Waals surface area contributed by atoms with Gasteiger partial charge in [0.2, 0.25) is 0 Å². The molecule has 0 bridgehead atoms. The highest BCUT2D eigenvalue weighted by atomic mass is 31.2. The normalized spacial score (nSPS) is 24.7. The van der Waals surface area contributed by atoms with Gasteiger partial charge in [-0.05, 0) is 5.56 Å². The van der Waals surface area contributed by atoms with Crippen LogP contribution < -0.4 is 5.32 Å². The molecule has 1 heterocycles. The maximum atomic E-state index is 12.5. The molecule has 8 nitrogen and oxygen atoms in total. The van der Waals surface area contributed by atoms with Crippen LogP contribution in [0.1, 0.15) is 25.8 Å². The summed E-state index contributed by atoms with van der Waals surface area (Å²) in [7, 11) is -2.35. The molecule has 1 amide bonds. The molecule has 1 aromatic carbocycles. The van der Waals surface area contributed by atoms with Crippen LogP contribution in [0.15, 0.2) is 30.3 Å². The third-order valence-corrected chi connectivity index (χ3v) is 5.27. The van der Waals surface area contributed by atoms with Crippen LogP contribution in [0.25, 0.3) is 0 Å². The number of hydrogen-bond acceptors (Lipinski definition) is 7. The van der Waals surface area contributed by atoms with Gasteiger partial charge >= 0.3 is 14.1 Å². The van der Waals surface area contributed by atoms with Crippen LogP contribution in [-0.4, -0.2) is 43.1 Å². The van der Waals surface area contributed by atoms with Gasteiger partial charge in [-0.15, -0.1) is 9.05 Å². The second-order valence-corrected chi connectivity index (χ2v) is 8.26. The van der Waals surface area contributed by atoms with Gasteiger partial charge in [0.15, 0.2) is 6.10 Å². The fourth-order valence-corrected chi connectivity index (χ4v) is 3.97. The van der Waals surface area contributed by atoms with E-state index < -0.39 is 31.6 Å². The molecule has 2 N–H and O–H groups in total. The number of amides is 1. The van der Waals surface area contributed by atoms with Crippen LogP contribution in [0.4, 0.5) is 0 Å². The Morgan fingerprint density at radius 3 is 2.69 bits per heavy atom. The van der Waals surface area contributed by atoms with Crippen LogP contribution in [0.5, 0.6) is 0 Å². The highest BCUT2D eigenvalue weighted by molar-refractivity contribution is 7.55. The van der Waals surface area contributed by atoms with Crippen molar-refractivity contribution in [2.45, 2.75) is 33.0 Å². The van der Waals surface area contributed by atoms with Crippen molar-refractivity contribution in [1.29, 1.82) is 0 Å². The van der Waals surface area contributed by atoms with Crippen LogP contribution in [0, 0.1) is 5.41 Å². The van der Waals surface area contributed by atoms with Crippen LogP contribution in [0.3, 0.4) is 0 Å². The Balaban J connectivity index is 1.95. The fourth-order valence-electron chi connectivity index (χ4n) is 2.31. The van der Waals surface area contributed by atoms with E-state index in [0.29, 0.717) is 0 Å². The summed E-state index contributed by atoms with van der Waals surface area (Å²) in [6.07, 6.45) is -0.918. The van der Waals surface area contributed by atoms with Crippen molar-refractivity contribution in [3.05, 3.63) is 35.9 Å². The first-order valence-electron chi connectivity index (χ1n) is 8.23. The molecule has 1 saturated heterocycles. The minimum absolute atomic E-state index is 0.0514. The quantitative estimate of drug-likeness (QED) is 0.546. The second-order valence-electron chi connectivity index (χ2n) is 6.59. The molecule has 0 aromatic heterocycles. The number of esters is 1. The minimum Gasteiger partial charge on any atom is -0.469 e. The van der Waals surface area contributed by atoms with Gasteiger partial charge in [0.25, 0.3) is 5.91 Å². The molecule has 26 heavy (non-hydrogen) atoms. The number of carbonyl (C=O) groups excluding carboxylic acids is 2. The number of benzene rings is 1. The molecule has 0 saturated carbocycles. The number of nitrogens with one attached hydrogen (secondary N) is 1. The molecule has 2 atom stereocenters. The van der Waals surface area contributed by atoms with E-state index in [1.165, 1.54) is 7.11 Å². The molecular weight excluding hydrogens is 361 g/mol. The van der Waals surface area contributed by atoms with Crippen LogP contribution in [0.2, 0.25) is 0 Å². The van der Waals surface area contributed by atoms with Gasteiger partial charge < -0.3 is 10.1 Å².